The zero-order valence-electron chi connectivity index (χ0n) is 13.3. The van der Waals surface area contributed by atoms with Crippen LogP contribution in [0.25, 0.3) is 0 Å². The van der Waals surface area contributed by atoms with Crippen molar-refractivity contribution in [3.63, 3.8) is 0 Å². The van der Waals surface area contributed by atoms with Gasteiger partial charge in [0.1, 0.15) is 5.69 Å². The summed E-state index contributed by atoms with van der Waals surface area (Å²) in [6.45, 7) is 1.01. The number of carbonyl (C=O) groups is 1. The molecule has 0 bridgehead atoms. The van der Waals surface area contributed by atoms with Gasteiger partial charge in [0.2, 0.25) is 0 Å². The number of amides is 1. The predicted octanol–water partition coefficient (Wildman–Crippen LogP) is 4.14. The van der Waals surface area contributed by atoms with Crippen molar-refractivity contribution in [1.29, 1.82) is 0 Å². The van der Waals surface area contributed by atoms with E-state index in [9.17, 15) is 31.1 Å². The van der Waals surface area contributed by atoms with E-state index in [-0.39, 0.29) is 29.1 Å². The van der Waals surface area contributed by atoms with Gasteiger partial charge < -0.3 is 11.1 Å². The second kappa shape index (κ2) is 6.94. The minimum atomic E-state index is -4.67. The second-order valence-electron chi connectivity index (χ2n) is 5.40. The molecule has 0 saturated heterocycles. The Labute approximate surface area is 144 Å². The van der Waals surface area contributed by atoms with E-state index < -0.39 is 29.5 Å². The third-order valence-electron chi connectivity index (χ3n) is 3.43. The van der Waals surface area contributed by atoms with Gasteiger partial charge in [-0.1, -0.05) is 0 Å². The van der Waals surface area contributed by atoms with Gasteiger partial charge in [0.15, 0.2) is 0 Å². The Morgan fingerprint density at radius 2 is 1.73 bits per heavy atom. The SMILES string of the molecule is Cc1nc(C(F)(F)F)ccc1C(=O)Nc1cc(CN)cc(C(F)(F)F)c1. The maximum absolute atomic E-state index is 12.9. The molecule has 0 aliphatic carbocycles. The Morgan fingerprint density at radius 3 is 2.23 bits per heavy atom. The van der Waals surface area contributed by atoms with Gasteiger partial charge in [-0.25, -0.2) is 4.98 Å². The maximum atomic E-state index is 12.9. The molecule has 0 spiro atoms. The first-order valence-electron chi connectivity index (χ1n) is 7.19. The number of aryl methyl sites for hydroxylation is 1. The number of benzene rings is 1. The van der Waals surface area contributed by atoms with Crippen LogP contribution in [0.3, 0.4) is 0 Å². The number of hydrogen-bond donors (Lipinski definition) is 2. The largest absolute Gasteiger partial charge is 0.433 e. The van der Waals surface area contributed by atoms with Gasteiger partial charge in [-0.15, -0.1) is 0 Å². The molecule has 1 aromatic heterocycles. The number of alkyl halides is 6. The lowest BCUT2D eigenvalue weighted by Gasteiger charge is -2.13. The van der Waals surface area contributed by atoms with Crippen molar-refractivity contribution in [3.8, 4) is 0 Å². The molecule has 0 fully saturated rings. The monoisotopic (exact) mass is 377 g/mol. The minimum Gasteiger partial charge on any atom is -0.326 e. The molecular formula is C16H13F6N3O. The summed E-state index contributed by atoms with van der Waals surface area (Å²) in [5, 5.41) is 2.23. The topological polar surface area (TPSA) is 68.0 Å². The molecular weight excluding hydrogens is 364 g/mol. The summed E-state index contributed by atoms with van der Waals surface area (Å²) >= 11 is 0. The molecule has 3 N–H and O–H groups in total. The van der Waals surface area contributed by atoms with Crippen molar-refractivity contribution in [2.75, 3.05) is 5.32 Å². The van der Waals surface area contributed by atoms with Gasteiger partial charge in [-0.3, -0.25) is 4.79 Å². The van der Waals surface area contributed by atoms with Gasteiger partial charge in [-0.2, -0.15) is 26.3 Å². The van der Waals surface area contributed by atoms with Crippen LogP contribution in [-0.4, -0.2) is 10.9 Å². The van der Waals surface area contributed by atoms with Crippen molar-refractivity contribution in [1.82, 2.24) is 4.98 Å². The number of rotatable bonds is 3. The van der Waals surface area contributed by atoms with E-state index in [0.717, 1.165) is 12.1 Å². The van der Waals surface area contributed by atoms with Gasteiger partial charge in [-0.05, 0) is 42.8 Å². The number of anilines is 1. The lowest BCUT2D eigenvalue weighted by Crippen LogP contribution is -2.17. The fraction of sp³-hybridized carbons (Fsp3) is 0.250. The molecule has 1 amide bonds. The van der Waals surface area contributed by atoms with Crippen molar-refractivity contribution in [3.05, 3.63) is 58.4 Å². The number of nitrogens with one attached hydrogen (secondary N) is 1. The molecule has 1 aromatic carbocycles. The molecule has 2 rings (SSSR count). The highest BCUT2D eigenvalue weighted by Gasteiger charge is 2.33. The molecule has 2 aromatic rings. The van der Waals surface area contributed by atoms with Crippen LogP contribution in [0.4, 0.5) is 32.0 Å². The van der Waals surface area contributed by atoms with E-state index >= 15 is 0 Å². The predicted molar refractivity (Wildman–Crippen MR) is 81.3 cm³/mol. The number of pyridine rings is 1. The van der Waals surface area contributed by atoms with Crippen LogP contribution in [-0.2, 0) is 18.9 Å². The molecule has 4 nitrogen and oxygen atoms in total. The Kier molecular flexibility index (Phi) is 5.26. The van der Waals surface area contributed by atoms with Crippen molar-refractivity contribution in [2.45, 2.75) is 25.8 Å². The zero-order chi connectivity index (χ0) is 19.7. The molecule has 10 heteroatoms. The molecule has 0 radical (unpaired) electrons. The van der Waals surface area contributed by atoms with Gasteiger partial charge in [0.05, 0.1) is 16.8 Å². The van der Waals surface area contributed by atoms with Crippen molar-refractivity contribution in [2.24, 2.45) is 5.73 Å². The van der Waals surface area contributed by atoms with Crippen LogP contribution < -0.4 is 11.1 Å². The normalized spacial score (nSPS) is 12.2. The summed E-state index contributed by atoms with van der Waals surface area (Å²) in [6, 6.07) is 4.35. The van der Waals surface area contributed by atoms with Gasteiger partial charge >= 0.3 is 12.4 Å². The van der Waals surface area contributed by atoms with Crippen LogP contribution in [0, 0.1) is 6.92 Å². The quantitative estimate of drug-likeness (QED) is 0.790. The Bertz CT molecular complexity index is 830. The molecule has 0 unspecified atom stereocenters. The Hall–Kier alpha value is -2.62. The molecule has 0 aliphatic rings. The molecule has 0 saturated carbocycles. The van der Waals surface area contributed by atoms with E-state index in [1.807, 2.05) is 0 Å². The van der Waals surface area contributed by atoms with E-state index in [0.29, 0.717) is 12.1 Å². The highest BCUT2D eigenvalue weighted by Crippen LogP contribution is 2.32. The molecule has 0 aliphatic heterocycles. The van der Waals surface area contributed by atoms with Crippen LogP contribution >= 0.6 is 0 Å². The summed E-state index contributed by atoms with van der Waals surface area (Å²) in [5.74, 6) is -0.883. The van der Waals surface area contributed by atoms with E-state index in [1.54, 1.807) is 0 Å². The van der Waals surface area contributed by atoms with Crippen LogP contribution in [0.5, 0.6) is 0 Å². The number of nitrogens with two attached hydrogens (primary N) is 1. The van der Waals surface area contributed by atoms with Crippen LogP contribution in [0.2, 0.25) is 0 Å². The number of halogens is 6. The molecule has 140 valence electrons. The van der Waals surface area contributed by atoms with Crippen molar-refractivity contribution >= 4 is 11.6 Å². The number of hydrogen-bond acceptors (Lipinski definition) is 3. The Morgan fingerprint density at radius 1 is 1.08 bits per heavy atom. The van der Waals surface area contributed by atoms with Crippen LogP contribution in [0.1, 0.15) is 32.9 Å². The highest BCUT2D eigenvalue weighted by molar-refractivity contribution is 6.05. The van der Waals surface area contributed by atoms with Crippen molar-refractivity contribution < 1.29 is 31.1 Å². The standard InChI is InChI=1S/C16H13F6N3O/c1-8-12(2-3-13(24-8)16(20,21)22)14(26)25-11-5-9(7-23)4-10(6-11)15(17,18)19/h2-6H,7,23H2,1H3,(H,25,26). The van der Waals surface area contributed by atoms with E-state index in [1.165, 1.54) is 13.0 Å². The van der Waals surface area contributed by atoms with Crippen LogP contribution in [0.15, 0.2) is 30.3 Å². The fourth-order valence-electron chi connectivity index (χ4n) is 2.20. The molecule has 0 atom stereocenters. The van der Waals surface area contributed by atoms with E-state index in [4.69, 9.17) is 5.73 Å². The van der Waals surface area contributed by atoms with Gasteiger partial charge in [0.25, 0.3) is 5.91 Å². The summed E-state index contributed by atoms with van der Waals surface area (Å²) in [6.07, 6.45) is -9.31. The first-order valence-corrected chi connectivity index (χ1v) is 7.19. The summed E-state index contributed by atoms with van der Waals surface area (Å²) in [4.78, 5) is 15.5. The number of nitrogens with zero attached hydrogens (tertiary/aromatic N) is 1. The average molecular weight is 377 g/mol. The third kappa shape index (κ3) is 4.51. The van der Waals surface area contributed by atoms with Gasteiger partial charge in [0, 0.05) is 12.2 Å². The first-order chi connectivity index (χ1) is 11.9. The molecule has 26 heavy (non-hydrogen) atoms. The minimum absolute atomic E-state index is 0.136. The lowest BCUT2D eigenvalue weighted by atomic mass is 10.1. The summed E-state index contributed by atoms with van der Waals surface area (Å²) in [5.41, 5.74) is 2.75. The number of carbonyl (C=O) groups excluding carboxylic acids is 1. The Balaban J connectivity index is 2.33. The average Bonchev–Trinajstić information content (AvgIpc) is 2.52. The maximum Gasteiger partial charge on any atom is 0.433 e. The zero-order valence-corrected chi connectivity index (χ0v) is 13.3. The van der Waals surface area contributed by atoms with E-state index in [2.05, 4.69) is 10.3 Å². The smallest absolute Gasteiger partial charge is 0.326 e. The number of aromatic nitrogens is 1. The second-order valence-corrected chi connectivity index (χ2v) is 5.40. The third-order valence-corrected chi connectivity index (χ3v) is 3.43. The first kappa shape index (κ1) is 19.7. The highest BCUT2D eigenvalue weighted by atomic mass is 19.4. The lowest BCUT2D eigenvalue weighted by molar-refractivity contribution is -0.141. The molecule has 1 heterocycles. The fourth-order valence-corrected chi connectivity index (χ4v) is 2.20. The summed E-state index contributed by atoms with van der Waals surface area (Å²) < 4.78 is 76.5. The summed E-state index contributed by atoms with van der Waals surface area (Å²) in [7, 11) is 0.